The highest BCUT2D eigenvalue weighted by molar-refractivity contribution is 8.26. The molecular weight excluding hydrogens is 416 g/mol. The number of rotatable bonds is 5. The van der Waals surface area contributed by atoms with E-state index in [4.69, 9.17) is 33.3 Å². The van der Waals surface area contributed by atoms with E-state index in [9.17, 15) is 19.7 Å². The molecule has 8 nitrogen and oxygen atoms in total. The molecule has 1 N–H and O–H groups in total. The molecule has 0 radical (unpaired) electrons. The number of halogens is 1. The minimum Gasteiger partial charge on any atom is -0.480 e. The van der Waals surface area contributed by atoms with Gasteiger partial charge in [0.25, 0.3) is 11.6 Å². The Bertz CT molecular complexity index is 1020. The van der Waals surface area contributed by atoms with Crippen LogP contribution in [0.4, 0.5) is 5.69 Å². The third-order valence-electron chi connectivity index (χ3n) is 3.50. The van der Waals surface area contributed by atoms with Crippen LogP contribution in [-0.4, -0.2) is 37.7 Å². The third-order valence-corrected chi connectivity index (χ3v) is 5.18. The van der Waals surface area contributed by atoms with Gasteiger partial charge in [-0.3, -0.25) is 24.6 Å². The lowest BCUT2D eigenvalue weighted by molar-refractivity contribution is -0.384. The summed E-state index contributed by atoms with van der Waals surface area (Å²) in [7, 11) is 0. The maximum Gasteiger partial charge on any atom is 0.323 e. The topological polar surface area (TPSA) is 114 Å². The number of aliphatic carboxylic acids is 1. The molecule has 2 aromatic rings. The number of thiocarbonyl (C=S) groups is 1. The van der Waals surface area contributed by atoms with Crippen LogP contribution in [0.25, 0.3) is 17.4 Å². The largest absolute Gasteiger partial charge is 0.480 e. The Balaban J connectivity index is 1.84. The quantitative estimate of drug-likeness (QED) is 0.333. The molecule has 2 heterocycles. The minimum absolute atomic E-state index is 0.0232. The molecule has 0 unspecified atom stereocenters. The lowest BCUT2D eigenvalue weighted by Gasteiger charge is -2.09. The maximum atomic E-state index is 12.2. The fourth-order valence-electron chi connectivity index (χ4n) is 2.29. The molecular formula is C16H9ClN2O6S2. The average Bonchev–Trinajstić information content (AvgIpc) is 3.15. The SMILES string of the molecule is O=C(O)CN1C(=O)/C(=C\c2ccc(-c3ccc([N+](=O)[O-])c(Cl)c3)o2)SC1=S. The van der Waals surface area contributed by atoms with Crippen molar-refractivity contribution in [3.05, 3.63) is 56.1 Å². The molecule has 1 saturated heterocycles. The molecule has 0 bridgehead atoms. The number of nitrogens with zero attached hydrogens (tertiary/aromatic N) is 2. The van der Waals surface area contributed by atoms with Gasteiger partial charge in [-0.2, -0.15) is 0 Å². The summed E-state index contributed by atoms with van der Waals surface area (Å²) in [6.45, 7) is -0.507. The van der Waals surface area contributed by atoms with Crippen molar-refractivity contribution in [2.75, 3.05) is 6.54 Å². The standard InChI is InChI=1S/C16H9ClN2O6S2/c17-10-5-8(1-3-11(10)19(23)24)12-4-2-9(25-12)6-13-15(22)18(7-14(20)21)16(26)27-13/h1-6H,7H2,(H,20,21)/b13-6+. The summed E-state index contributed by atoms with van der Waals surface area (Å²) in [6.07, 6.45) is 1.46. The van der Waals surface area contributed by atoms with E-state index in [1.54, 1.807) is 12.1 Å². The minimum atomic E-state index is -1.16. The maximum absolute atomic E-state index is 12.2. The summed E-state index contributed by atoms with van der Waals surface area (Å²) in [5.41, 5.74) is 0.318. The second-order valence-electron chi connectivity index (χ2n) is 5.29. The molecule has 1 aromatic carbocycles. The van der Waals surface area contributed by atoms with Gasteiger partial charge in [0.2, 0.25) is 0 Å². The van der Waals surface area contributed by atoms with Gasteiger partial charge in [-0.25, -0.2) is 0 Å². The molecule has 138 valence electrons. The first-order valence-corrected chi connectivity index (χ1v) is 8.88. The van der Waals surface area contributed by atoms with Crippen LogP contribution >= 0.6 is 35.6 Å². The normalized spacial score (nSPS) is 15.6. The van der Waals surface area contributed by atoms with Crippen molar-refractivity contribution in [2.24, 2.45) is 0 Å². The molecule has 11 heteroatoms. The molecule has 27 heavy (non-hydrogen) atoms. The number of carbonyl (C=O) groups is 2. The molecule has 0 spiro atoms. The summed E-state index contributed by atoms with van der Waals surface area (Å²) in [4.78, 5) is 34.5. The van der Waals surface area contributed by atoms with Gasteiger partial charge in [0.05, 0.1) is 9.83 Å². The number of furan rings is 1. The third kappa shape index (κ3) is 4.02. The van der Waals surface area contributed by atoms with Gasteiger partial charge in [0.15, 0.2) is 0 Å². The number of thioether (sulfide) groups is 1. The highest BCUT2D eigenvalue weighted by Crippen LogP contribution is 2.34. The summed E-state index contributed by atoms with van der Waals surface area (Å²) in [5.74, 6) is -0.930. The van der Waals surface area contributed by atoms with Gasteiger partial charge in [-0.15, -0.1) is 0 Å². The zero-order valence-corrected chi connectivity index (χ0v) is 15.6. The first kappa shape index (κ1) is 19.1. The molecule has 0 atom stereocenters. The first-order chi connectivity index (χ1) is 12.8. The molecule has 0 aliphatic carbocycles. The van der Waals surface area contributed by atoms with Crippen molar-refractivity contribution < 1.29 is 24.0 Å². The fraction of sp³-hybridized carbons (Fsp3) is 0.0625. The number of carboxylic acids is 1. The van der Waals surface area contributed by atoms with E-state index >= 15 is 0 Å². The van der Waals surface area contributed by atoms with Crippen LogP contribution in [0.1, 0.15) is 5.76 Å². The van der Waals surface area contributed by atoms with Crippen molar-refractivity contribution >= 4 is 63.5 Å². The molecule has 3 rings (SSSR count). The van der Waals surface area contributed by atoms with E-state index in [1.807, 2.05) is 0 Å². The predicted octanol–water partition coefficient (Wildman–Crippen LogP) is 3.79. The number of hydrogen-bond acceptors (Lipinski definition) is 7. The first-order valence-electron chi connectivity index (χ1n) is 7.27. The Morgan fingerprint density at radius 1 is 1.41 bits per heavy atom. The number of carboxylic acid groups (broad SMARTS) is 1. The van der Waals surface area contributed by atoms with Crippen molar-refractivity contribution in [2.45, 2.75) is 0 Å². The van der Waals surface area contributed by atoms with E-state index in [0.717, 1.165) is 16.7 Å². The number of amides is 1. The van der Waals surface area contributed by atoms with Crippen molar-refractivity contribution in [3.8, 4) is 11.3 Å². The summed E-state index contributed by atoms with van der Waals surface area (Å²) >= 11 is 11.9. The van der Waals surface area contributed by atoms with E-state index in [0.29, 0.717) is 17.1 Å². The van der Waals surface area contributed by atoms with Gasteiger partial charge >= 0.3 is 5.97 Å². The van der Waals surface area contributed by atoms with Gasteiger partial charge in [0, 0.05) is 17.7 Å². The van der Waals surface area contributed by atoms with Gasteiger partial charge in [-0.1, -0.05) is 35.6 Å². The number of carbonyl (C=O) groups excluding carboxylic acids is 1. The van der Waals surface area contributed by atoms with Crippen LogP contribution in [0.3, 0.4) is 0 Å². The average molecular weight is 425 g/mol. The van der Waals surface area contributed by atoms with E-state index in [2.05, 4.69) is 0 Å². The Kier molecular flexibility index (Phi) is 5.31. The summed E-state index contributed by atoms with van der Waals surface area (Å²) in [5, 5.41) is 19.6. The van der Waals surface area contributed by atoms with Crippen molar-refractivity contribution in [1.29, 1.82) is 0 Å². The van der Waals surface area contributed by atoms with Gasteiger partial charge in [-0.05, 0) is 24.3 Å². The van der Waals surface area contributed by atoms with Crippen LogP contribution < -0.4 is 0 Å². The lowest BCUT2D eigenvalue weighted by atomic mass is 10.1. The zero-order valence-electron chi connectivity index (χ0n) is 13.2. The Morgan fingerprint density at radius 3 is 2.78 bits per heavy atom. The predicted molar refractivity (Wildman–Crippen MR) is 103 cm³/mol. The second-order valence-corrected chi connectivity index (χ2v) is 7.37. The highest BCUT2D eigenvalue weighted by Gasteiger charge is 2.33. The van der Waals surface area contributed by atoms with Crippen molar-refractivity contribution in [1.82, 2.24) is 4.90 Å². The molecule has 1 amide bonds. The number of benzene rings is 1. The van der Waals surface area contributed by atoms with Gasteiger partial charge in [0.1, 0.15) is 27.4 Å². The molecule has 0 saturated carbocycles. The molecule has 1 fully saturated rings. The van der Waals surface area contributed by atoms with E-state index in [-0.39, 0.29) is 19.9 Å². The zero-order chi connectivity index (χ0) is 19.7. The van der Waals surface area contributed by atoms with Crippen LogP contribution in [0.5, 0.6) is 0 Å². The monoisotopic (exact) mass is 424 g/mol. The number of nitro groups is 1. The fourth-order valence-corrected chi connectivity index (χ4v) is 3.78. The number of hydrogen-bond donors (Lipinski definition) is 1. The van der Waals surface area contributed by atoms with Gasteiger partial charge < -0.3 is 9.52 Å². The van der Waals surface area contributed by atoms with Crippen LogP contribution in [-0.2, 0) is 9.59 Å². The highest BCUT2D eigenvalue weighted by atomic mass is 35.5. The Morgan fingerprint density at radius 2 is 2.15 bits per heavy atom. The summed E-state index contributed by atoms with van der Waals surface area (Å²) in [6, 6.07) is 7.42. The van der Waals surface area contributed by atoms with Crippen LogP contribution in [0, 0.1) is 10.1 Å². The van der Waals surface area contributed by atoms with E-state index in [1.165, 1.54) is 24.3 Å². The second kappa shape index (κ2) is 7.51. The Labute approximate surface area is 166 Å². The molecule has 1 aliphatic heterocycles. The van der Waals surface area contributed by atoms with Crippen molar-refractivity contribution in [3.63, 3.8) is 0 Å². The van der Waals surface area contributed by atoms with Crippen LogP contribution in [0.2, 0.25) is 5.02 Å². The summed E-state index contributed by atoms with van der Waals surface area (Å²) < 4.78 is 5.79. The molecule has 1 aromatic heterocycles. The number of nitro benzene ring substituents is 1. The van der Waals surface area contributed by atoms with E-state index < -0.39 is 23.3 Å². The lowest BCUT2D eigenvalue weighted by Crippen LogP contribution is -2.33. The van der Waals surface area contributed by atoms with Crippen LogP contribution in [0.15, 0.2) is 39.7 Å². The Hall–Kier alpha value is -2.69. The molecule has 1 aliphatic rings. The smallest absolute Gasteiger partial charge is 0.323 e.